The molecule has 2 aromatic rings. The summed E-state index contributed by atoms with van der Waals surface area (Å²) >= 11 is 0. The van der Waals surface area contributed by atoms with Gasteiger partial charge >= 0.3 is 5.97 Å². The number of carboxylic acid groups (broad SMARTS) is 1. The van der Waals surface area contributed by atoms with Crippen LogP contribution in [-0.4, -0.2) is 74.7 Å². The minimum atomic E-state index is -3.36. The van der Waals surface area contributed by atoms with Crippen LogP contribution in [0.25, 0.3) is 11.1 Å². The highest BCUT2D eigenvalue weighted by molar-refractivity contribution is 7.90. The van der Waals surface area contributed by atoms with Crippen LogP contribution >= 0.6 is 0 Å². The van der Waals surface area contributed by atoms with Crippen LogP contribution in [-0.2, 0) is 25.9 Å². The van der Waals surface area contributed by atoms with Gasteiger partial charge in [0.25, 0.3) is 5.91 Å². The number of nitrogens with one attached hydrogen (secondary N) is 1. The zero-order valence-electron chi connectivity index (χ0n) is 20.5. The summed E-state index contributed by atoms with van der Waals surface area (Å²) in [6, 6.07) is 12.4. The molecule has 0 aromatic heterocycles. The van der Waals surface area contributed by atoms with Crippen LogP contribution in [0.5, 0.6) is 0 Å². The Bertz CT molecular complexity index is 1160. The molecule has 0 saturated carbocycles. The van der Waals surface area contributed by atoms with E-state index in [-0.39, 0.29) is 12.2 Å². The first-order chi connectivity index (χ1) is 16.6. The molecule has 2 N–H and O–H groups in total. The van der Waals surface area contributed by atoms with Crippen molar-refractivity contribution in [1.82, 2.24) is 10.2 Å². The lowest BCUT2D eigenvalue weighted by Gasteiger charge is -2.24. The van der Waals surface area contributed by atoms with Gasteiger partial charge in [0.15, 0.2) is 0 Å². The van der Waals surface area contributed by atoms with E-state index in [2.05, 4.69) is 10.2 Å². The minimum absolute atomic E-state index is 0.201. The number of hydrogen-bond donors (Lipinski definition) is 2. The van der Waals surface area contributed by atoms with Crippen molar-refractivity contribution in [3.05, 3.63) is 59.2 Å². The molecule has 0 radical (unpaired) electrons. The van der Waals surface area contributed by atoms with Crippen LogP contribution < -0.4 is 5.32 Å². The van der Waals surface area contributed by atoms with E-state index in [9.17, 15) is 23.1 Å². The number of methoxy groups -OCH3 is 1. The van der Waals surface area contributed by atoms with E-state index in [0.717, 1.165) is 48.9 Å². The number of carbonyl (C=O) groups excluding carboxylic acids is 1. The van der Waals surface area contributed by atoms with Gasteiger partial charge in [0.2, 0.25) is 0 Å². The zero-order chi connectivity index (χ0) is 25.6. The molecule has 0 bridgehead atoms. The van der Waals surface area contributed by atoms with Crippen molar-refractivity contribution in [2.75, 3.05) is 32.3 Å². The molecule has 0 spiro atoms. The van der Waals surface area contributed by atoms with E-state index in [1.165, 1.54) is 0 Å². The third kappa shape index (κ3) is 7.37. The molecular weight excluding hydrogens is 468 g/mol. The maximum absolute atomic E-state index is 13.2. The number of aryl methyl sites for hydroxylation is 1. The third-order valence-electron chi connectivity index (χ3n) is 6.39. The molecule has 190 valence electrons. The monoisotopic (exact) mass is 502 g/mol. The van der Waals surface area contributed by atoms with E-state index in [4.69, 9.17) is 4.74 Å². The summed E-state index contributed by atoms with van der Waals surface area (Å²) < 4.78 is 28.4. The first-order valence-corrected chi connectivity index (χ1v) is 13.8. The lowest BCUT2D eigenvalue weighted by molar-refractivity contribution is -0.139. The number of likely N-dealkylation sites (tertiary alicyclic amines) is 1. The highest BCUT2D eigenvalue weighted by Crippen LogP contribution is 2.30. The van der Waals surface area contributed by atoms with Crippen molar-refractivity contribution in [2.45, 2.75) is 44.8 Å². The van der Waals surface area contributed by atoms with Gasteiger partial charge in [-0.15, -0.1) is 0 Å². The predicted molar refractivity (Wildman–Crippen MR) is 135 cm³/mol. The fraction of sp³-hybridized carbons (Fsp3) is 0.462. The molecule has 1 heterocycles. The number of benzene rings is 2. The molecule has 1 aliphatic heterocycles. The van der Waals surface area contributed by atoms with E-state index < -0.39 is 27.8 Å². The minimum Gasteiger partial charge on any atom is -0.480 e. The lowest BCUT2D eigenvalue weighted by atomic mass is 9.93. The lowest BCUT2D eigenvalue weighted by Crippen LogP contribution is -2.42. The second-order valence-corrected chi connectivity index (χ2v) is 11.5. The number of rotatable bonds is 11. The standard InChI is InChI=1S/C26H34N2O6S/c1-18-7-4-5-9-21(18)23-15-19(16-28-13-6-8-20(28)17-34-2)10-11-22(23)25(29)27-24(26(30)31)12-14-35(3,32)33/h4-5,7,9-11,15,20,24H,6,8,12-14,16-17H2,1-3H3,(H,27,29)(H,30,31)/t20-,24?/m0/s1. The molecule has 1 amide bonds. The van der Waals surface area contributed by atoms with Crippen LogP contribution in [0.1, 0.15) is 40.7 Å². The van der Waals surface area contributed by atoms with Crippen LogP contribution in [0, 0.1) is 6.92 Å². The van der Waals surface area contributed by atoms with Gasteiger partial charge in [-0.2, -0.15) is 0 Å². The van der Waals surface area contributed by atoms with Crippen molar-refractivity contribution >= 4 is 21.7 Å². The molecule has 35 heavy (non-hydrogen) atoms. The highest BCUT2D eigenvalue weighted by Gasteiger charge is 2.26. The van der Waals surface area contributed by atoms with E-state index in [1.54, 1.807) is 13.2 Å². The predicted octanol–water partition coefficient (Wildman–Crippen LogP) is 2.89. The Balaban J connectivity index is 1.92. The van der Waals surface area contributed by atoms with Crippen LogP contribution in [0.3, 0.4) is 0 Å². The maximum atomic E-state index is 13.2. The van der Waals surface area contributed by atoms with Gasteiger partial charge in [-0.05, 0) is 67.1 Å². The van der Waals surface area contributed by atoms with Crippen molar-refractivity contribution in [1.29, 1.82) is 0 Å². The summed E-state index contributed by atoms with van der Waals surface area (Å²) in [5.41, 5.74) is 3.99. The second-order valence-electron chi connectivity index (χ2n) is 9.20. The number of hydrogen-bond acceptors (Lipinski definition) is 6. The first-order valence-electron chi connectivity index (χ1n) is 11.7. The molecule has 1 aliphatic rings. The van der Waals surface area contributed by atoms with Gasteiger partial charge in [-0.3, -0.25) is 9.69 Å². The Hall–Kier alpha value is -2.75. The summed E-state index contributed by atoms with van der Waals surface area (Å²) in [6.45, 7) is 4.34. The Labute approximate surface area is 207 Å². The third-order valence-corrected chi connectivity index (χ3v) is 7.37. The van der Waals surface area contributed by atoms with Crippen LogP contribution in [0.15, 0.2) is 42.5 Å². The van der Waals surface area contributed by atoms with E-state index in [1.807, 2.05) is 43.3 Å². The highest BCUT2D eigenvalue weighted by atomic mass is 32.2. The van der Waals surface area contributed by atoms with Crippen LogP contribution in [0.2, 0.25) is 0 Å². The van der Waals surface area contributed by atoms with E-state index >= 15 is 0 Å². The second kappa shape index (κ2) is 11.8. The Morgan fingerprint density at radius 1 is 1.20 bits per heavy atom. The van der Waals surface area contributed by atoms with Crippen molar-refractivity contribution in [3.8, 4) is 11.1 Å². The molecule has 2 atom stereocenters. The van der Waals surface area contributed by atoms with Gasteiger partial charge in [-0.25, -0.2) is 13.2 Å². The Morgan fingerprint density at radius 2 is 1.94 bits per heavy atom. The van der Waals surface area contributed by atoms with Crippen LogP contribution in [0.4, 0.5) is 0 Å². The average Bonchev–Trinajstić information content (AvgIpc) is 3.22. The summed E-state index contributed by atoms with van der Waals surface area (Å²) in [5, 5.41) is 12.1. The van der Waals surface area contributed by atoms with Gasteiger partial charge in [-0.1, -0.05) is 30.3 Å². The number of carbonyl (C=O) groups is 2. The molecular formula is C26H34N2O6S. The van der Waals surface area contributed by atoms with Crippen molar-refractivity contribution in [2.24, 2.45) is 0 Å². The molecule has 1 fully saturated rings. The fourth-order valence-corrected chi connectivity index (χ4v) is 5.19. The van der Waals surface area contributed by atoms with Gasteiger partial charge in [0.1, 0.15) is 15.9 Å². The number of nitrogens with zero attached hydrogens (tertiary/aromatic N) is 1. The molecule has 1 unspecified atom stereocenters. The smallest absolute Gasteiger partial charge is 0.326 e. The summed E-state index contributed by atoms with van der Waals surface area (Å²) in [5.74, 6) is -2.14. The largest absolute Gasteiger partial charge is 0.480 e. The van der Waals surface area contributed by atoms with Gasteiger partial charge < -0.3 is 15.2 Å². The zero-order valence-corrected chi connectivity index (χ0v) is 21.3. The summed E-state index contributed by atoms with van der Waals surface area (Å²) in [7, 11) is -1.66. The topological polar surface area (TPSA) is 113 Å². The van der Waals surface area contributed by atoms with E-state index in [0.29, 0.717) is 23.8 Å². The van der Waals surface area contributed by atoms with Gasteiger partial charge in [0.05, 0.1) is 12.4 Å². The Kier molecular flexibility index (Phi) is 9.04. The molecule has 3 rings (SSSR count). The molecule has 9 heteroatoms. The normalized spacial score (nSPS) is 17.3. The SMILES string of the molecule is COC[C@@H]1CCCN1Cc1ccc(C(=O)NC(CCS(C)(=O)=O)C(=O)O)c(-c2ccccc2C)c1. The van der Waals surface area contributed by atoms with Crippen molar-refractivity contribution in [3.63, 3.8) is 0 Å². The molecule has 0 aliphatic carbocycles. The number of carboxylic acids is 1. The number of ether oxygens (including phenoxy) is 1. The first kappa shape index (κ1) is 26.8. The van der Waals surface area contributed by atoms with Crippen molar-refractivity contribution < 1.29 is 27.9 Å². The summed E-state index contributed by atoms with van der Waals surface area (Å²) in [6.07, 6.45) is 3.04. The average molecular weight is 503 g/mol. The maximum Gasteiger partial charge on any atom is 0.326 e. The summed E-state index contributed by atoms with van der Waals surface area (Å²) in [4.78, 5) is 27.3. The molecule has 2 aromatic carbocycles. The number of sulfone groups is 1. The quantitative estimate of drug-likeness (QED) is 0.486. The molecule has 8 nitrogen and oxygen atoms in total. The Morgan fingerprint density at radius 3 is 2.60 bits per heavy atom. The molecule has 1 saturated heterocycles. The fourth-order valence-electron chi connectivity index (χ4n) is 4.53. The van der Waals surface area contributed by atoms with Gasteiger partial charge in [0, 0.05) is 31.5 Å². The number of amides is 1. The number of aliphatic carboxylic acids is 1.